The van der Waals surface area contributed by atoms with Crippen LogP contribution >= 0.6 is 11.3 Å². The fourth-order valence-electron chi connectivity index (χ4n) is 2.14. The molecule has 3 nitrogen and oxygen atoms in total. The summed E-state index contributed by atoms with van der Waals surface area (Å²) in [5.74, 6) is 0.412. The van der Waals surface area contributed by atoms with Crippen molar-refractivity contribution in [2.24, 2.45) is 5.92 Å². The fourth-order valence-corrected chi connectivity index (χ4v) is 2.99. The Bertz CT molecular complexity index is 394. The standard InChI is InChI=1S/C12H16N2OS/c1-9(15)10-4-5-14(7-10)8-12-3-2-11(6-13)16-12/h2-3,9-10,15H,4-5,7-8H2,1H3. The van der Waals surface area contributed by atoms with Crippen molar-refractivity contribution in [3.05, 3.63) is 21.9 Å². The van der Waals surface area contributed by atoms with Crippen molar-refractivity contribution in [1.29, 1.82) is 5.26 Å². The highest BCUT2D eigenvalue weighted by molar-refractivity contribution is 7.12. The molecule has 1 aromatic rings. The van der Waals surface area contributed by atoms with Crippen molar-refractivity contribution in [2.45, 2.75) is 26.0 Å². The third kappa shape index (κ3) is 2.62. The van der Waals surface area contributed by atoms with Gasteiger partial charge in [-0.25, -0.2) is 0 Å². The van der Waals surface area contributed by atoms with Crippen LogP contribution in [0.1, 0.15) is 23.1 Å². The number of aliphatic hydroxyl groups is 1. The van der Waals surface area contributed by atoms with Crippen molar-refractivity contribution in [2.75, 3.05) is 13.1 Å². The SMILES string of the molecule is CC(O)C1CCN(Cc2ccc(C#N)s2)C1. The van der Waals surface area contributed by atoms with Crippen LogP contribution in [0.25, 0.3) is 0 Å². The molecule has 2 atom stereocenters. The van der Waals surface area contributed by atoms with Gasteiger partial charge in [0, 0.05) is 18.0 Å². The number of nitriles is 1. The van der Waals surface area contributed by atoms with Crippen molar-refractivity contribution in [3.63, 3.8) is 0 Å². The molecule has 1 aromatic heterocycles. The first-order valence-electron chi connectivity index (χ1n) is 5.58. The lowest BCUT2D eigenvalue weighted by molar-refractivity contribution is 0.127. The van der Waals surface area contributed by atoms with Crippen LogP contribution < -0.4 is 0 Å². The molecule has 0 aliphatic carbocycles. The summed E-state index contributed by atoms with van der Waals surface area (Å²) in [6, 6.07) is 6.06. The van der Waals surface area contributed by atoms with Crippen LogP contribution in [0, 0.1) is 17.2 Å². The van der Waals surface area contributed by atoms with E-state index in [1.165, 1.54) is 4.88 Å². The molecule has 1 aliphatic heterocycles. The van der Waals surface area contributed by atoms with Crippen LogP contribution in [0.4, 0.5) is 0 Å². The Hall–Kier alpha value is -0.890. The Labute approximate surface area is 99.9 Å². The van der Waals surface area contributed by atoms with Gasteiger partial charge in [-0.3, -0.25) is 4.90 Å². The zero-order chi connectivity index (χ0) is 11.5. The smallest absolute Gasteiger partial charge is 0.110 e. The molecular weight excluding hydrogens is 220 g/mol. The van der Waals surface area contributed by atoms with Crippen LogP contribution in [0.2, 0.25) is 0 Å². The average molecular weight is 236 g/mol. The van der Waals surface area contributed by atoms with Gasteiger partial charge in [0.05, 0.1) is 6.10 Å². The Kier molecular flexibility index (Phi) is 3.59. The molecular formula is C12H16N2OS. The summed E-state index contributed by atoms with van der Waals surface area (Å²) in [6.07, 6.45) is 0.872. The zero-order valence-corrected chi connectivity index (χ0v) is 10.2. The molecule has 0 amide bonds. The zero-order valence-electron chi connectivity index (χ0n) is 9.39. The Balaban J connectivity index is 1.90. The van der Waals surface area contributed by atoms with Crippen molar-refractivity contribution >= 4 is 11.3 Å². The van der Waals surface area contributed by atoms with E-state index in [1.807, 2.05) is 19.1 Å². The van der Waals surface area contributed by atoms with Gasteiger partial charge in [-0.1, -0.05) is 0 Å². The summed E-state index contributed by atoms with van der Waals surface area (Å²) in [6.45, 7) is 4.80. The van der Waals surface area contributed by atoms with Gasteiger partial charge in [0.15, 0.2) is 0 Å². The first-order valence-corrected chi connectivity index (χ1v) is 6.40. The highest BCUT2D eigenvalue weighted by atomic mass is 32.1. The van der Waals surface area contributed by atoms with E-state index in [2.05, 4.69) is 11.0 Å². The molecule has 0 saturated carbocycles. The van der Waals surface area contributed by atoms with Crippen molar-refractivity contribution < 1.29 is 5.11 Å². The van der Waals surface area contributed by atoms with E-state index >= 15 is 0 Å². The van der Waals surface area contributed by atoms with Crippen LogP contribution in [-0.2, 0) is 6.54 Å². The fraction of sp³-hybridized carbons (Fsp3) is 0.583. The van der Waals surface area contributed by atoms with Gasteiger partial charge < -0.3 is 5.11 Å². The molecule has 0 bridgehead atoms. The molecule has 2 rings (SSSR count). The summed E-state index contributed by atoms with van der Waals surface area (Å²) >= 11 is 1.56. The Morgan fingerprint density at radius 1 is 1.69 bits per heavy atom. The number of nitrogens with zero attached hydrogens (tertiary/aromatic N) is 2. The van der Waals surface area contributed by atoms with E-state index < -0.39 is 0 Å². The lowest BCUT2D eigenvalue weighted by Gasteiger charge is -2.16. The first kappa shape index (κ1) is 11.6. The van der Waals surface area contributed by atoms with E-state index in [-0.39, 0.29) is 6.10 Å². The predicted molar refractivity (Wildman–Crippen MR) is 64.1 cm³/mol. The second-order valence-corrected chi connectivity index (χ2v) is 5.57. The molecule has 2 unspecified atom stereocenters. The van der Waals surface area contributed by atoms with E-state index in [1.54, 1.807) is 11.3 Å². The van der Waals surface area contributed by atoms with Gasteiger partial charge in [-0.15, -0.1) is 11.3 Å². The summed E-state index contributed by atoms with van der Waals surface area (Å²) in [7, 11) is 0. The van der Waals surface area contributed by atoms with Gasteiger partial charge in [0.1, 0.15) is 10.9 Å². The third-order valence-corrected chi connectivity index (χ3v) is 4.12. The largest absolute Gasteiger partial charge is 0.393 e. The van der Waals surface area contributed by atoms with Crippen LogP contribution in [0.5, 0.6) is 0 Å². The quantitative estimate of drug-likeness (QED) is 0.871. The maximum absolute atomic E-state index is 9.51. The summed E-state index contributed by atoms with van der Waals surface area (Å²) in [5, 5.41) is 18.3. The minimum Gasteiger partial charge on any atom is -0.393 e. The summed E-state index contributed by atoms with van der Waals surface area (Å²) < 4.78 is 0. The molecule has 1 N–H and O–H groups in total. The monoisotopic (exact) mass is 236 g/mol. The number of thiophene rings is 1. The molecule has 0 spiro atoms. The minimum absolute atomic E-state index is 0.206. The summed E-state index contributed by atoms with van der Waals surface area (Å²) in [5.41, 5.74) is 0. The number of likely N-dealkylation sites (tertiary alicyclic amines) is 1. The molecule has 16 heavy (non-hydrogen) atoms. The first-order chi connectivity index (χ1) is 7.69. The van der Waals surface area contributed by atoms with Crippen molar-refractivity contribution in [3.8, 4) is 6.07 Å². The van der Waals surface area contributed by atoms with Crippen molar-refractivity contribution in [1.82, 2.24) is 4.90 Å². The molecule has 1 aliphatic rings. The molecule has 1 saturated heterocycles. The maximum atomic E-state index is 9.51. The Morgan fingerprint density at radius 3 is 3.06 bits per heavy atom. The molecule has 86 valence electrons. The highest BCUT2D eigenvalue weighted by Gasteiger charge is 2.25. The molecule has 4 heteroatoms. The average Bonchev–Trinajstić information content (AvgIpc) is 2.87. The topological polar surface area (TPSA) is 47.3 Å². The van der Waals surface area contributed by atoms with E-state index in [0.29, 0.717) is 5.92 Å². The molecule has 1 fully saturated rings. The van der Waals surface area contributed by atoms with Crippen LogP contribution in [0.15, 0.2) is 12.1 Å². The van der Waals surface area contributed by atoms with Gasteiger partial charge in [0.2, 0.25) is 0 Å². The predicted octanol–water partition coefficient (Wildman–Crippen LogP) is 1.82. The number of aliphatic hydroxyl groups excluding tert-OH is 1. The molecule has 0 aromatic carbocycles. The van der Waals surface area contributed by atoms with E-state index in [9.17, 15) is 5.11 Å². The highest BCUT2D eigenvalue weighted by Crippen LogP contribution is 2.24. The number of rotatable bonds is 3. The van der Waals surface area contributed by atoms with Crippen LogP contribution in [0.3, 0.4) is 0 Å². The van der Waals surface area contributed by atoms with E-state index in [4.69, 9.17) is 5.26 Å². The number of hydrogen-bond donors (Lipinski definition) is 1. The molecule has 0 radical (unpaired) electrons. The minimum atomic E-state index is -0.206. The van der Waals surface area contributed by atoms with Gasteiger partial charge in [0.25, 0.3) is 0 Å². The lowest BCUT2D eigenvalue weighted by Crippen LogP contribution is -2.23. The van der Waals surface area contributed by atoms with Gasteiger partial charge >= 0.3 is 0 Å². The van der Waals surface area contributed by atoms with E-state index in [0.717, 1.165) is 30.9 Å². The number of hydrogen-bond acceptors (Lipinski definition) is 4. The van der Waals surface area contributed by atoms with Crippen LogP contribution in [-0.4, -0.2) is 29.2 Å². The molecule has 2 heterocycles. The van der Waals surface area contributed by atoms with Gasteiger partial charge in [-0.2, -0.15) is 5.26 Å². The second kappa shape index (κ2) is 4.96. The van der Waals surface area contributed by atoms with Gasteiger partial charge in [-0.05, 0) is 37.9 Å². The Morgan fingerprint density at radius 2 is 2.50 bits per heavy atom. The lowest BCUT2D eigenvalue weighted by atomic mass is 10.0. The summed E-state index contributed by atoms with van der Waals surface area (Å²) in [4.78, 5) is 4.37. The third-order valence-electron chi connectivity index (χ3n) is 3.14. The normalized spacial score (nSPS) is 23.2. The second-order valence-electron chi connectivity index (χ2n) is 4.40. The maximum Gasteiger partial charge on any atom is 0.110 e.